The van der Waals surface area contributed by atoms with Crippen LogP contribution in [0, 0.1) is 0 Å². The molecule has 0 aromatic heterocycles. The maximum atomic E-state index is 12.2. The van der Waals surface area contributed by atoms with Crippen molar-refractivity contribution in [3.8, 4) is 23.0 Å². The van der Waals surface area contributed by atoms with Gasteiger partial charge in [0, 0.05) is 129 Å². The zero-order chi connectivity index (χ0) is 43.9. The van der Waals surface area contributed by atoms with E-state index in [4.69, 9.17) is 20.4 Å². The van der Waals surface area contributed by atoms with E-state index in [1.807, 2.05) is 0 Å². The van der Waals surface area contributed by atoms with Gasteiger partial charge in [0.25, 0.3) is 0 Å². The van der Waals surface area contributed by atoms with Crippen molar-refractivity contribution in [1.82, 2.24) is 19.6 Å². The van der Waals surface area contributed by atoms with E-state index >= 15 is 0 Å². The van der Waals surface area contributed by atoms with Crippen LogP contribution < -0.4 is 61.3 Å². The molecule has 0 saturated carbocycles. The van der Waals surface area contributed by atoms with Crippen LogP contribution in [0.1, 0.15) is 22.3 Å². The van der Waals surface area contributed by atoms with Gasteiger partial charge in [-0.1, -0.05) is 24.3 Å². The molecule has 64 heavy (non-hydrogen) atoms. The van der Waals surface area contributed by atoms with Gasteiger partial charge in [-0.15, -0.1) is 75.9 Å². The Bertz CT molecular complexity index is 986. The van der Waals surface area contributed by atoms with Gasteiger partial charge in [-0.2, -0.15) is 0 Å². The van der Waals surface area contributed by atoms with Crippen molar-refractivity contribution in [2.45, 2.75) is 26.2 Å². The molecule has 0 saturated heterocycles. The van der Waals surface area contributed by atoms with Crippen molar-refractivity contribution < 1.29 is 178 Å². The van der Waals surface area contributed by atoms with E-state index < -0.39 is 52.9 Å². The first-order valence-electron chi connectivity index (χ1n) is 17.4. The minimum absolute atomic E-state index is 0. The third-order valence-electron chi connectivity index (χ3n) is 7.32. The molecule has 2 aromatic rings. The number of aliphatic hydroxyl groups excluding tert-OH is 4. The van der Waals surface area contributed by atoms with Crippen LogP contribution >= 0.6 is 0 Å². The fourth-order valence-corrected chi connectivity index (χ4v) is 4.86. The molecule has 2 aromatic carbocycles. The number of hydrogen-bond acceptors (Lipinski definition) is 20. The van der Waals surface area contributed by atoms with Gasteiger partial charge in [-0.3, -0.25) is 0 Å². The van der Waals surface area contributed by atoms with Crippen LogP contribution in [-0.2, 0) is 122 Å². The van der Waals surface area contributed by atoms with Gasteiger partial charge >= 0.3 is 0 Å². The molecule has 0 amide bonds. The fraction of sp³-hybridized carbons (Fsp3) is 0.667. The first kappa shape index (κ1) is 93.3. The van der Waals surface area contributed by atoms with E-state index in [1.165, 1.54) is 24.3 Å². The molecule has 0 atom stereocenters. The molecule has 0 aliphatic rings. The summed E-state index contributed by atoms with van der Waals surface area (Å²) in [5, 5.41) is 162. The Morgan fingerprint density at radius 2 is 0.406 bits per heavy atom. The second-order valence-electron chi connectivity index (χ2n) is 10.9. The smallest absolute Gasteiger partial charge is 0.0319 e. The van der Waals surface area contributed by atoms with Crippen molar-refractivity contribution in [2.75, 3.05) is 134 Å². The third-order valence-corrected chi connectivity index (χ3v) is 7.32. The Morgan fingerprint density at radius 1 is 0.297 bits per heavy atom. The van der Waals surface area contributed by atoms with Crippen molar-refractivity contribution in [1.29, 1.82) is 0 Å². The average molecular weight is 1070 g/mol. The van der Waals surface area contributed by atoms with Gasteiger partial charge in [0.15, 0.2) is 0 Å². The van der Waals surface area contributed by atoms with E-state index in [1.54, 1.807) is 19.6 Å². The molecule has 24 nitrogen and oxygen atoms in total. The summed E-state index contributed by atoms with van der Waals surface area (Å²) in [5.74, 6) is -1.41. The van der Waals surface area contributed by atoms with Crippen LogP contribution in [-0.4, -0.2) is 174 Å². The molecular formula is C36H60N4O20V4-20. The van der Waals surface area contributed by atoms with Crippen molar-refractivity contribution in [3.05, 3.63) is 46.5 Å². The SMILES string of the molecule is CO.CO.CO.CO.[O-2].[O-2].[O-2].[O-2].[O-]CCN(CC[O-])Cc1cc([O-])c(CN(CC[O-])CC[O-])cc1[O-].[O-]CCN(CC[O-])Cc1cc([O-])c(CN(CC[O-])CC[O-])cc1[O-].[V].[V].[V].[V]. The molecular weight excluding hydrogens is 1010 g/mol. The van der Waals surface area contributed by atoms with E-state index in [0.29, 0.717) is 0 Å². The molecule has 0 aliphatic carbocycles. The molecule has 2 rings (SSSR count). The van der Waals surface area contributed by atoms with Gasteiger partial charge in [0.1, 0.15) is 0 Å². The van der Waals surface area contributed by atoms with E-state index in [-0.39, 0.29) is 220 Å². The normalized spacial score (nSPS) is 9.06. The van der Waals surface area contributed by atoms with E-state index in [9.17, 15) is 61.3 Å². The summed E-state index contributed by atoms with van der Waals surface area (Å²) in [6.07, 6.45) is 0. The van der Waals surface area contributed by atoms with Gasteiger partial charge in [0.2, 0.25) is 0 Å². The minimum atomic E-state index is -0.393. The molecule has 0 bridgehead atoms. The Balaban J connectivity index is -0.0000000658. The molecule has 28 heteroatoms. The maximum Gasteiger partial charge on any atom is 0.0319 e. The van der Waals surface area contributed by atoms with Crippen LogP contribution in [0.3, 0.4) is 0 Å². The zero-order valence-electron chi connectivity index (χ0n) is 36.4. The van der Waals surface area contributed by atoms with Crippen LogP contribution in [0.2, 0.25) is 0 Å². The molecule has 0 aliphatic heterocycles. The summed E-state index contributed by atoms with van der Waals surface area (Å²) < 4.78 is 0. The monoisotopic (exact) mass is 1070 g/mol. The summed E-state index contributed by atoms with van der Waals surface area (Å²) >= 11 is 0. The Hall–Kier alpha value is -0.822. The van der Waals surface area contributed by atoms with E-state index in [2.05, 4.69) is 0 Å². The first-order chi connectivity index (χ1) is 27.1. The summed E-state index contributed by atoms with van der Waals surface area (Å²) in [6, 6.07) is 4.86. The van der Waals surface area contributed by atoms with Crippen LogP contribution in [0.15, 0.2) is 24.3 Å². The van der Waals surface area contributed by atoms with Gasteiger partial charge in [-0.25, -0.2) is 0 Å². The largest absolute Gasteiger partial charge is 2.00 e. The number of aliphatic hydroxyl groups is 4. The molecule has 4 N–H and O–H groups in total. The van der Waals surface area contributed by atoms with Gasteiger partial charge < -0.3 is 123 Å². The van der Waals surface area contributed by atoms with Crippen LogP contribution in [0.25, 0.3) is 0 Å². The number of rotatable bonds is 24. The number of nitrogens with zero attached hydrogens (tertiary/aromatic N) is 4. The van der Waals surface area contributed by atoms with Crippen LogP contribution in [0.5, 0.6) is 23.0 Å². The molecule has 4 radical (unpaired) electrons. The second-order valence-corrected chi connectivity index (χ2v) is 10.9. The zero-order valence-corrected chi connectivity index (χ0v) is 41.9. The molecule has 0 unspecified atom stereocenters. The molecule has 0 spiro atoms. The fourth-order valence-electron chi connectivity index (χ4n) is 4.86. The van der Waals surface area contributed by atoms with Crippen LogP contribution in [0.4, 0.5) is 0 Å². The van der Waals surface area contributed by atoms with Crippen molar-refractivity contribution in [2.24, 2.45) is 0 Å². The molecule has 384 valence electrons. The van der Waals surface area contributed by atoms with Gasteiger partial charge in [-0.05, 0) is 74.6 Å². The summed E-state index contributed by atoms with van der Waals surface area (Å²) in [4.78, 5) is 6.21. The minimum Gasteiger partial charge on any atom is -2.00 e. The summed E-state index contributed by atoms with van der Waals surface area (Å²) in [7, 11) is 4.00. The topological polar surface area (TPSA) is 485 Å². The second kappa shape index (κ2) is 66.5. The third kappa shape index (κ3) is 43.7. The standard InChI is InChI=1S/2C16H24N2O6.4CH4O.4O.4V/c2*19-5-1-17(2-6-20)11-13-9-16(24)14(10-15(13)23)12-18(3-7-21)4-8-22;4*1-2;;;;;;;;/h2*9-10,23-24H,1-8,11-12H2;4*2H,1H3;;;;;;;;/q2*-4;;;;;4*-2;;;;/p-4. The molecule has 0 heterocycles. The Morgan fingerprint density at radius 3 is 0.500 bits per heavy atom. The quantitative estimate of drug-likeness (QED) is 0.0758. The predicted octanol–water partition coefficient (Wildman–Crippen LogP) is -12.3. The van der Waals surface area contributed by atoms with Crippen molar-refractivity contribution >= 4 is 0 Å². The van der Waals surface area contributed by atoms with Gasteiger partial charge in [0.05, 0.1) is 0 Å². The Labute approximate surface area is 424 Å². The maximum absolute atomic E-state index is 12.2. The van der Waals surface area contributed by atoms with Crippen molar-refractivity contribution in [3.63, 3.8) is 0 Å². The molecule has 0 fully saturated rings. The summed E-state index contributed by atoms with van der Waals surface area (Å²) in [5.41, 5.74) is 0.962. The summed E-state index contributed by atoms with van der Waals surface area (Å²) in [6.45, 7) is -1.70. The Kier molecular flexibility index (Phi) is 96.8. The average Bonchev–Trinajstić information content (AvgIpc) is 3.20. The number of hydrogen-bond donors (Lipinski definition) is 4. The predicted molar refractivity (Wildman–Crippen MR) is 186 cm³/mol. The first-order valence-corrected chi connectivity index (χ1v) is 17.4. The van der Waals surface area contributed by atoms with E-state index in [0.717, 1.165) is 28.4 Å². The number of benzene rings is 2.